The molecule has 0 bridgehead atoms. The van der Waals surface area contributed by atoms with E-state index in [4.69, 9.17) is 19.3 Å². The van der Waals surface area contributed by atoms with Crippen molar-refractivity contribution >= 4 is 22.3 Å². The molecule has 0 aliphatic rings. The van der Waals surface area contributed by atoms with E-state index in [1.54, 1.807) is 13.3 Å². The number of aromatic nitrogens is 1. The van der Waals surface area contributed by atoms with Crippen molar-refractivity contribution in [2.75, 3.05) is 45.8 Å². The van der Waals surface area contributed by atoms with E-state index in [1.807, 2.05) is 49.5 Å². The van der Waals surface area contributed by atoms with Gasteiger partial charge in [-0.25, -0.2) is 0 Å². The Morgan fingerprint density at radius 3 is 2.21 bits per heavy atom. The van der Waals surface area contributed by atoms with Crippen molar-refractivity contribution in [2.45, 2.75) is 32.6 Å². The van der Waals surface area contributed by atoms with Crippen LogP contribution in [-0.2, 0) is 5.41 Å². The number of rotatable bonds is 12. The number of anilines is 2. The summed E-state index contributed by atoms with van der Waals surface area (Å²) in [7, 11) is 3.61. The third-order valence-corrected chi connectivity index (χ3v) is 6.53. The van der Waals surface area contributed by atoms with Crippen molar-refractivity contribution in [3.05, 3.63) is 78.5 Å². The van der Waals surface area contributed by atoms with E-state index in [-0.39, 0.29) is 12.0 Å². The van der Waals surface area contributed by atoms with Gasteiger partial charge in [0.05, 0.1) is 25.8 Å². The fourth-order valence-corrected chi connectivity index (χ4v) is 4.24. The third-order valence-electron chi connectivity index (χ3n) is 6.53. The molecule has 0 atom stereocenters. The maximum atomic E-state index is 9.04. The lowest BCUT2D eigenvalue weighted by atomic mass is 9.87. The quantitative estimate of drug-likeness (QED) is 0.196. The molecule has 0 spiro atoms. The van der Waals surface area contributed by atoms with Crippen molar-refractivity contribution in [1.29, 1.82) is 0 Å². The lowest BCUT2D eigenvalue weighted by Crippen LogP contribution is -2.24. The van der Waals surface area contributed by atoms with Crippen molar-refractivity contribution < 1.29 is 19.3 Å². The molecule has 0 aliphatic carbocycles. The Balaban J connectivity index is 1.43. The zero-order chi connectivity index (χ0) is 27.8. The molecule has 0 unspecified atom stereocenters. The Bertz CT molecular complexity index is 1350. The second-order valence-corrected chi connectivity index (χ2v) is 10.6. The van der Waals surface area contributed by atoms with Gasteiger partial charge in [0.15, 0.2) is 11.5 Å². The summed E-state index contributed by atoms with van der Waals surface area (Å²) in [5, 5.41) is 13.3. The van der Waals surface area contributed by atoms with Crippen LogP contribution < -0.4 is 19.5 Å². The lowest BCUT2D eigenvalue weighted by Gasteiger charge is -2.19. The number of hydrogen-bond acceptors (Lipinski definition) is 7. The highest BCUT2D eigenvalue weighted by molar-refractivity contribution is 5.88. The molecule has 0 saturated carbocycles. The van der Waals surface area contributed by atoms with Crippen molar-refractivity contribution in [1.82, 2.24) is 9.88 Å². The second-order valence-electron chi connectivity index (χ2n) is 10.6. The maximum absolute atomic E-state index is 9.04. The van der Waals surface area contributed by atoms with Gasteiger partial charge in [0.1, 0.15) is 11.5 Å². The van der Waals surface area contributed by atoms with Gasteiger partial charge in [-0.1, -0.05) is 32.9 Å². The number of hydrogen-bond donors (Lipinski definition) is 2. The maximum Gasteiger partial charge on any atom is 0.163 e. The van der Waals surface area contributed by atoms with Gasteiger partial charge in [0.2, 0.25) is 0 Å². The zero-order valence-corrected chi connectivity index (χ0v) is 23.5. The SMILES string of the molecule is COc1cc2c(Oc3ccc(Nc4ccc(C(C)(C)C)cc4)cc3)ccnc2cc1OCCCN(C)CCO. The van der Waals surface area contributed by atoms with Crippen LogP contribution in [0.5, 0.6) is 23.0 Å². The van der Waals surface area contributed by atoms with Gasteiger partial charge in [0, 0.05) is 42.1 Å². The summed E-state index contributed by atoms with van der Waals surface area (Å²) in [6.45, 7) is 8.82. The van der Waals surface area contributed by atoms with Crippen molar-refractivity contribution in [3.63, 3.8) is 0 Å². The average molecular weight is 530 g/mol. The minimum atomic E-state index is 0.130. The van der Waals surface area contributed by atoms with Crippen LogP contribution in [0.4, 0.5) is 11.4 Å². The molecule has 0 amide bonds. The molecule has 0 fully saturated rings. The van der Waals surface area contributed by atoms with Gasteiger partial charge in [-0.05, 0) is 73.0 Å². The Labute approximate surface area is 231 Å². The van der Waals surface area contributed by atoms with E-state index in [2.05, 4.69) is 60.2 Å². The molecule has 4 rings (SSSR count). The molecule has 7 nitrogen and oxygen atoms in total. The second kappa shape index (κ2) is 12.8. The van der Waals surface area contributed by atoms with Crippen LogP contribution in [0, 0.1) is 0 Å². The molecule has 206 valence electrons. The summed E-state index contributed by atoms with van der Waals surface area (Å²) >= 11 is 0. The van der Waals surface area contributed by atoms with E-state index in [9.17, 15) is 0 Å². The summed E-state index contributed by atoms with van der Waals surface area (Å²) < 4.78 is 17.9. The van der Waals surface area contributed by atoms with Crippen LogP contribution >= 0.6 is 0 Å². The highest BCUT2D eigenvalue weighted by atomic mass is 16.5. The molecule has 1 heterocycles. The van der Waals surface area contributed by atoms with Gasteiger partial charge < -0.3 is 29.5 Å². The summed E-state index contributed by atoms with van der Waals surface area (Å²) in [6, 6.07) is 22.1. The van der Waals surface area contributed by atoms with Crippen LogP contribution in [0.1, 0.15) is 32.8 Å². The van der Waals surface area contributed by atoms with E-state index >= 15 is 0 Å². The highest BCUT2D eigenvalue weighted by Crippen LogP contribution is 2.37. The van der Waals surface area contributed by atoms with Crippen molar-refractivity contribution in [2.24, 2.45) is 0 Å². The number of nitrogens with one attached hydrogen (secondary N) is 1. The van der Waals surface area contributed by atoms with Gasteiger partial charge in [0.25, 0.3) is 0 Å². The Kier molecular flexibility index (Phi) is 9.28. The molecule has 0 aliphatic heterocycles. The van der Waals surface area contributed by atoms with E-state index in [0.717, 1.165) is 41.0 Å². The molecule has 2 N–H and O–H groups in total. The molecule has 39 heavy (non-hydrogen) atoms. The van der Waals surface area contributed by atoms with Crippen LogP contribution in [-0.4, -0.2) is 55.5 Å². The summed E-state index contributed by atoms with van der Waals surface area (Å²) in [4.78, 5) is 6.59. The van der Waals surface area contributed by atoms with Crippen LogP contribution in [0.3, 0.4) is 0 Å². The summed E-state index contributed by atoms with van der Waals surface area (Å²) in [5.74, 6) is 2.68. The molecule has 7 heteroatoms. The molecular formula is C32H39N3O4. The Morgan fingerprint density at radius 2 is 1.56 bits per heavy atom. The van der Waals surface area contributed by atoms with Crippen LogP contribution in [0.2, 0.25) is 0 Å². The van der Waals surface area contributed by atoms with E-state index < -0.39 is 0 Å². The van der Waals surface area contributed by atoms with E-state index in [1.165, 1.54) is 5.56 Å². The summed E-state index contributed by atoms with van der Waals surface area (Å²) in [6.07, 6.45) is 2.57. The molecular weight excluding hydrogens is 490 g/mol. The molecule has 0 saturated heterocycles. The minimum absolute atomic E-state index is 0.130. The Morgan fingerprint density at radius 1 is 0.872 bits per heavy atom. The summed E-state index contributed by atoms with van der Waals surface area (Å²) in [5.41, 5.74) is 4.22. The zero-order valence-electron chi connectivity index (χ0n) is 23.5. The van der Waals surface area contributed by atoms with Gasteiger partial charge in [-0.3, -0.25) is 4.98 Å². The predicted octanol–water partition coefficient (Wildman–Crippen LogP) is 6.77. The minimum Gasteiger partial charge on any atom is -0.493 e. The smallest absolute Gasteiger partial charge is 0.163 e. The average Bonchev–Trinajstić information content (AvgIpc) is 2.92. The number of aliphatic hydroxyl groups excluding tert-OH is 1. The van der Waals surface area contributed by atoms with E-state index in [0.29, 0.717) is 30.4 Å². The fourth-order valence-electron chi connectivity index (χ4n) is 4.24. The van der Waals surface area contributed by atoms with Gasteiger partial charge in [-0.15, -0.1) is 0 Å². The standard InChI is InChI=1S/C32H39N3O4/c1-32(2,3)23-7-9-24(10-8-23)34-25-11-13-26(14-12-25)39-29-15-16-33-28-22-31(30(37-5)21-27(28)29)38-20-6-17-35(4)18-19-36/h7-16,21-22,34,36H,6,17-20H2,1-5H3. The number of fused-ring (bicyclic) bond motifs is 1. The lowest BCUT2D eigenvalue weighted by molar-refractivity contribution is 0.206. The predicted molar refractivity (Wildman–Crippen MR) is 158 cm³/mol. The molecule has 3 aromatic carbocycles. The first-order chi connectivity index (χ1) is 18.8. The molecule has 0 radical (unpaired) electrons. The molecule has 1 aromatic heterocycles. The monoisotopic (exact) mass is 529 g/mol. The van der Waals surface area contributed by atoms with Gasteiger partial charge >= 0.3 is 0 Å². The number of benzene rings is 3. The number of likely N-dealkylation sites (N-methyl/N-ethyl adjacent to an activating group) is 1. The topological polar surface area (TPSA) is 76.1 Å². The first-order valence-corrected chi connectivity index (χ1v) is 13.3. The number of aliphatic hydroxyl groups is 1. The third kappa shape index (κ3) is 7.62. The van der Waals surface area contributed by atoms with Gasteiger partial charge in [-0.2, -0.15) is 0 Å². The molecule has 4 aromatic rings. The van der Waals surface area contributed by atoms with Crippen LogP contribution in [0.15, 0.2) is 72.9 Å². The highest BCUT2D eigenvalue weighted by Gasteiger charge is 2.14. The number of nitrogens with zero attached hydrogens (tertiary/aromatic N) is 2. The number of ether oxygens (including phenoxy) is 3. The number of pyridine rings is 1. The van der Waals surface area contributed by atoms with Crippen LogP contribution in [0.25, 0.3) is 10.9 Å². The normalized spacial score (nSPS) is 11.6. The number of methoxy groups -OCH3 is 1. The largest absolute Gasteiger partial charge is 0.493 e. The Hall–Kier alpha value is -3.81. The van der Waals surface area contributed by atoms with Crippen molar-refractivity contribution in [3.8, 4) is 23.0 Å². The first kappa shape index (κ1) is 28.2. The fraction of sp³-hybridized carbons (Fsp3) is 0.344. The first-order valence-electron chi connectivity index (χ1n) is 13.3.